The second kappa shape index (κ2) is 5.77. The number of hydrogen-bond acceptors (Lipinski definition) is 4. The Kier molecular flexibility index (Phi) is 4.09. The van der Waals surface area contributed by atoms with E-state index in [2.05, 4.69) is 34.6 Å². The van der Waals surface area contributed by atoms with Gasteiger partial charge in [-0.25, -0.2) is 4.68 Å². The molecule has 0 aromatic carbocycles. The maximum Gasteiger partial charge on any atom is 0.0935 e. The van der Waals surface area contributed by atoms with E-state index in [0.717, 1.165) is 30.9 Å². The van der Waals surface area contributed by atoms with Gasteiger partial charge in [-0.15, -0.1) is 5.10 Å². The topological polar surface area (TPSA) is 60.6 Å². The van der Waals surface area contributed by atoms with Crippen LogP contribution in [-0.4, -0.2) is 31.3 Å². The molecule has 2 heterocycles. The van der Waals surface area contributed by atoms with Crippen molar-refractivity contribution in [3.05, 3.63) is 29.8 Å². The molecular weight excluding hydrogens is 228 g/mol. The van der Waals surface area contributed by atoms with Gasteiger partial charge in [-0.1, -0.05) is 19.1 Å². The highest BCUT2D eigenvalue weighted by Crippen LogP contribution is 2.20. The lowest BCUT2D eigenvalue weighted by Gasteiger charge is -2.18. The van der Waals surface area contributed by atoms with E-state index in [1.807, 2.05) is 34.9 Å². The average Bonchev–Trinajstić information content (AvgIpc) is 2.96. The summed E-state index contributed by atoms with van der Waals surface area (Å²) >= 11 is 0. The number of aromatic nitrogens is 5. The van der Waals surface area contributed by atoms with Crippen LogP contribution >= 0.6 is 0 Å². The minimum atomic E-state index is 0.0871. The SMILES string of the molecule is CCCn1nncc1C(NCC)c1ccnn1C. The summed E-state index contributed by atoms with van der Waals surface area (Å²) in [5.41, 5.74) is 2.21. The van der Waals surface area contributed by atoms with Crippen molar-refractivity contribution in [1.29, 1.82) is 0 Å². The third-order valence-electron chi connectivity index (χ3n) is 2.94. The molecular formula is C12H20N6. The van der Waals surface area contributed by atoms with Gasteiger partial charge in [-0.05, 0) is 19.0 Å². The van der Waals surface area contributed by atoms with Crippen LogP contribution in [0.4, 0.5) is 0 Å². The van der Waals surface area contributed by atoms with E-state index in [0.29, 0.717) is 0 Å². The molecule has 2 aromatic heterocycles. The summed E-state index contributed by atoms with van der Waals surface area (Å²) in [5, 5.41) is 15.9. The molecule has 6 nitrogen and oxygen atoms in total. The molecule has 0 aliphatic carbocycles. The standard InChI is InChI=1S/C12H20N6/c1-4-8-18-11(9-14-16-18)12(13-5-2)10-6-7-15-17(10)3/h6-7,9,12-13H,4-5,8H2,1-3H3. The molecule has 0 amide bonds. The van der Waals surface area contributed by atoms with Crippen molar-refractivity contribution < 1.29 is 0 Å². The number of nitrogens with one attached hydrogen (secondary N) is 1. The minimum Gasteiger partial charge on any atom is -0.304 e. The van der Waals surface area contributed by atoms with Crippen LogP contribution < -0.4 is 5.32 Å². The molecule has 1 atom stereocenters. The molecule has 2 aromatic rings. The number of aryl methyl sites for hydroxylation is 2. The van der Waals surface area contributed by atoms with Crippen LogP contribution in [0, 0.1) is 0 Å². The van der Waals surface area contributed by atoms with Crippen LogP contribution in [0.2, 0.25) is 0 Å². The van der Waals surface area contributed by atoms with Gasteiger partial charge < -0.3 is 5.32 Å². The van der Waals surface area contributed by atoms with E-state index in [9.17, 15) is 0 Å². The van der Waals surface area contributed by atoms with Crippen LogP contribution in [-0.2, 0) is 13.6 Å². The Balaban J connectivity index is 2.35. The summed E-state index contributed by atoms with van der Waals surface area (Å²) in [6, 6.07) is 2.11. The fraction of sp³-hybridized carbons (Fsp3) is 0.583. The van der Waals surface area contributed by atoms with Gasteiger partial charge >= 0.3 is 0 Å². The Hall–Kier alpha value is -1.69. The molecule has 0 aliphatic heterocycles. The number of nitrogens with zero attached hydrogens (tertiary/aromatic N) is 5. The summed E-state index contributed by atoms with van der Waals surface area (Å²) in [6.45, 7) is 6.00. The third kappa shape index (κ3) is 2.43. The molecule has 2 rings (SSSR count). The quantitative estimate of drug-likeness (QED) is 0.832. The summed E-state index contributed by atoms with van der Waals surface area (Å²) < 4.78 is 3.84. The van der Waals surface area contributed by atoms with E-state index in [-0.39, 0.29) is 6.04 Å². The lowest BCUT2D eigenvalue weighted by molar-refractivity contribution is 0.494. The summed E-state index contributed by atoms with van der Waals surface area (Å²) in [4.78, 5) is 0. The van der Waals surface area contributed by atoms with Crippen molar-refractivity contribution >= 4 is 0 Å². The Bertz CT molecular complexity index is 486. The zero-order valence-corrected chi connectivity index (χ0v) is 11.2. The first-order valence-electron chi connectivity index (χ1n) is 6.37. The first-order valence-corrected chi connectivity index (χ1v) is 6.37. The van der Waals surface area contributed by atoms with Gasteiger partial charge in [0.1, 0.15) is 0 Å². The average molecular weight is 248 g/mol. The van der Waals surface area contributed by atoms with Crippen LogP contribution in [0.15, 0.2) is 18.5 Å². The van der Waals surface area contributed by atoms with Gasteiger partial charge in [0.25, 0.3) is 0 Å². The molecule has 18 heavy (non-hydrogen) atoms. The van der Waals surface area contributed by atoms with Crippen molar-refractivity contribution in [2.45, 2.75) is 32.9 Å². The highest BCUT2D eigenvalue weighted by atomic mass is 15.4. The summed E-state index contributed by atoms with van der Waals surface area (Å²) in [5.74, 6) is 0. The van der Waals surface area contributed by atoms with Crippen LogP contribution in [0.3, 0.4) is 0 Å². The molecule has 6 heteroatoms. The molecule has 0 fully saturated rings. The minimum absolute atomic E-state index is 0.0871. The molecule has 0 bridgehead atoms. The van der Waals surface area contributed by atoms with Crippen LogP contribution in [0.1, 0.15) is 37.7 Å². The summed E-state index contributed by atoms with van der Waals surface area (Å²) in [6.07, 6.45) is 4.68. The first kappa shape index (κ1) is 12.8. The second-order valence-corrected chi connectivity index (χ2v) is 4.25. The molecule has 0 aliphatic rings. The molecule has 98 valence electrons. The van der Waals surface area contributed by atoms with E-state index >= 15 is 0 Å². The van der Waals surface area contributed by atoms with E-state index in [4.69, 9.17) is 0 Å². The fourth-order valence-electron chi connectivity index (χ4n) is 2.11. The molecule has 0 saturated carbocycles. The highest BCUT2D eigenvalue weighted by Gasteiger charge is 2.20. The zero-order valence-electron chi connectivity index (χ0n) is 11.2. The zero-order chi connectivity index (χ0) is 13.0. The Labute approximate surface area is 107 Å². The normalized spacial score (nSPS) is 12.8. The van der Waals surface area contributed by atoms with E-state index in [1.165, 1.54) is 0 Å². The first-order chi connectivity index (χ1) is 8.77. The third-order valence-corrected chi connectivity index (χ3v) is 2.94. The van der Waals surface area contributed by atoms with Crippen LogP contribution in [0.25, 0.3) is 0 Å². The van der Waals surface area contributed by atoms with Crippen molar-refractivity contribution in [3.63, 3.8) is 0 Å². The van der Waals surface area contributed by atoms with Gasteiger partial charge in [0, 0.05) is 19.8 Å². The van der Waals surface area contributed by atoms with Crippen molar-refractivity contribution in [2.75, 3.05) is 6.54 Å². The van der Waals surface area contributed by atoms with Crippen molar-refractivity contribution in [3.8, 4) is 0 Å². The predicted octanol–water partition coefficient (Wildman–Crippen LogP) is 1.12. The largest absolute Gasteiger partial charge is 0.304 e. The Morgan fingerprint density at radius 1 is 1.33 bits per heavy atom. The Morgan fingerprint density at radius 2 is 2.17 bits per heavy atom. The summed E-state index contributed by atoms with van der Waals surface area (Å²) in [7, 11) is 1.95. The van der Waals surface area contributed by atoms with Gasteiger partial charge in [0.2, 0.25) is 0 Å². The molecule has 0 saturated heterocycles. The highest BCUT2D eigenvalue weighted by molar-refractivity contribution is 5.19. The molecule has 1 N–H and O–H groups in total. The molecule has 0 spiro atoms. The number of rotatable bonds is 6. The lowest BCUT2D eigenvalue weighted by atomic mass is 10.1. The van der Waals surface area contributed by atoms with E-state index in [1.54, 1.807) is 0 Å². The fourth-order valence-corrected chi connectivity index (χ4v) is 2.11. The van der Waals surface area contributed by atoms with Gasteiger partial charge in [0.15, 0.2) is 0 Å². The van der Waals surface area contributed by atoms with Crippen LogP contribution in [0.5, 0.6) is 0 Å². The lowest BCUT2D eigenvalue weighted by Crippen LogP contribution is -2.26. The van der Waals surface area contributed by atoms with E-state index < -0.39 is 0 Å². The van der Waals surface area contributed by atoms with Gasteiger partial charge in [0.05, 0.1) is 23.6 Å². The number of hydrogen-bond donors (Lipinski definition) is 1. The molecule has 0 radical (unpaired) electrons. The second-order valence-electron chi connectivity index (χ2n) is 4.25. The maximum atomic E-state index is 4.23. The monoisotopic (exact) mass is 248 g/mol. The van der Waals surface area contributed by atoms with Gasteiger partial charge in [-0.3, -0.25) is 4.68 Å². The van der Waals surface area contributed by atoms with Gasteiger partial charge in [-0.2, -0.15) is 5.10 Å². The smallest absolute Gasteiger partial charge is 0.0935 e. The van der Waals surface area contributed by atoms with Crippen molar-refractivity contribution in [2.24, 2.45) is 7.05 Å². The Morgan fingerprint density at radius 3 is 2.78 bits per heavy atom. The van der Waals surface area contributed by atoms with Crippen molar-refractivity contribution in [1.82, 2.24) is 30.1 Å². The predicted molar refractivity (Wildman–Crippen MR) is 69.0 cm³/mol. The maximum absolute atomic E-state index is 4.23. The molecule has 1 unspecified atom stereocenters.